The number of carboxylic acids is 1. The summed E-state index contributed by atoms with van der Waals surface area (Å²) in [4.78, 5) is 23.7. The maximum atomic E-state index is 11.2. The first kappa shape index (κ1) is 23.1. The average Bonchev–Trinajstić information content (AvgIpc) is 3.10. The largest absolute Gasteiger partial charge is 0.480 e. The lowest BCUT2D eigenvalue weighted by Gasteiger charge is -2.15. The lowest BCUT2D eigenvalue weighted by Crippen LogP contribution is -2.26. The minimum Gasteiger partial charge on any atom is -0.480 e. The van der Waals surface area contributed by atoms with Crippen LogP contribution in [-0.4, -0.2) is 40.2 Å². The van der Waals surface area contributed by atoms with Gasteiger partial charge in [-0.15, -0.1) is 11.3 Å². The molecule has 29 heavy (non-hydrogen) atoms. The van der Waals surface area contributed by atoms with Gasteiger partial charge in [0.2, 0.25) is 0 Å². The number of carbonyl (C=O) groups is 1. The number of nitrogens with zero attached hydrogens (tertiary/aromatic N) is 3. The Morgan fingerprint density at radius 1 is 1.48 bits per heavy atom. The van der Waals surface area contributed by atoms with Crippen molar-refractivity contribution in [3.63, 3.8) is 0 Å². The lowest BCUT2D eigenvalue weighted by atomic mass is 10.1. The van der Waals surface area contributed by atoms with Crippen LogP contribution in [0, 0.1) is 0 Å². The van der Waals surface area contributed by atoms with E-state index in [1.165, 1.54) is 23.1 Å². The Morgan fingerprint density at radius 2 is 2.24 bits per heavy atom. The summed E-state index contributed by atoms with van der Waals surface area (Å²) in [6.07, 6.45) is 2.21. The Morgan fingerprint density at radius 3 is 2.90 bits per heavy atom. The van der Waals surface area contributed by atoms with Crippen molar-refractivity contribution >= 4 is 59.0 Å². The molecule has 6 nitrogen and oxygen atoms in total. The number of benzene rings is 1. The van der Waals surface area contributed by atoms with Crippen LogP contribution in [0.1, 0.15) is 32.0 Å². The lowest BCUT2D eigenvalue weighted by molar-refractivity contribution is -0.138. The predicted molar refractivity (Wildman–Crippen MR) is 121 cm³/mol. The zero-order chi connectivity index (χ0) is 21.4. The molecule has 0 radical (unpaired) electrons. The number of carboxylic acid groups (broad SMARTS) is 1. The number of hydrogen-bond acceptors (Lipinski definition) is 6. The Balaban J connectivity index is 1.91. The second-order valence-corrected chi connectivity index (χ2v) is 9.68. The normalized spacial score (nSPS) is 12.7. The molecule has 154 valence electrons. The Hall–Kier alpha value is -2.16. The van der Waals surface area contributed by atoms with E-state index in [-0.39, 0.29) is 6.02 Å². The van der Waals surface area contributed by atoms with Crippen molar-refractivity contribution in [2.45, 2.75) is 36.3 Å². The maximum Gasteiger partial charge on any atom is 0.319 e. The van der Waals surface area contributed by atoms with Crippen molar-refractivity contribution in [1.82, 2.24) is 4.98 Å². The first-order valence-electron chi connectivity index (χ1n) is 8.68. The molecule has 0 aliphatic heterocycles. The standard InChI is InChI=1S/C20H22ClN3O3S2/c1-13(14-6-5-7-15(21)10-14)11-23-18(22-4)27-9-8-16-12-28-19(24-16)29-20(2,3)17(25)26/h5-7,10-12H,4,8-9H2,1-3H3,(H,25,26)/b13-11+,23-18?. The maximum absolute atomic E-state index is 11.2. The zero-order valence-corrected chi connectivity index (χ0v) is 18.8. The number of aromatic nitrogens is 1. The Kier molecular flexibility index (Phi) is 8.43. The van der Waals surface area contributed by atoms with Gasteiger partial charge in [-0.1, -0.05) is 35.5 Å². The highest BCUT2D eigenvalue weighted by Gasteiger charge is 2.29. The molecule has 0 fully saturated rings. The second kappa shape index (κ2) is 10.6. The predicted octanol–water partition coefficient (Wildman–Crippen LogP) is 5.43. The number of rotatable bonds is 8. The summed E-state index contributed by atoms with van der Waals surface area (Å²) in [6.45, 7) is 9.04. The number of aliphatic carboxylic acids is 1. The number of allylic oxidation sites excluding steroid dienone is 1. The highest BCUT2D eigenvalue weighted by Crippen LogP contribution is 2.34. The minimum atomic E-state index is -0.925. The summed E-state index contributed by atoms with van der Waals surface area (Å²) >= 11 is 8.65. The molecule has 2 rings (SSSR count). The molecule has 1 aromatic heterocycles. The van der Waals surface area contributed by atoms with E-state index in [0.29, 0.717) is 22.4 Å². The fourth-order valence-corrected chi connectivity index (χ4v) is 4.46. The van der Waals surface area contributed by atoms with Crippen LogP contribution >= 0.6 is 34.7 Å². The van der Waals surface area contributed by atoms with Crippen LogP contribution in [0.2, 0.25) is 5.02 Å². The van der Waals surface area contributed by atoms with Crippen molar-refractivity contribution in [2.24, 2.45) is 9.98 Å². The molecule has 1 heterocycles. The summed E-state index contributed by atoms with van der Waals surface area (Å²) in [5, 5.41) is 11.8. The zero-order valence-electron chi connectivity index (χ0n) is 16.4. The fourth-order valence-electron chi connectivity index (χ4n) is 2.04. The van der Waals surface area contributed by atoms with Crippen LogP contribution in [0.25, 0.3) is 5.57 Å². The minimum absolute atomic E-state index is 0.170. The molecule has 0 saturated carbocycles. The molecule has 0 bridgehead atoms. The summed E-state index contributed by atoms with van der Waals surface area (Å²) in [7, 11) is 0. The van der Waals surface area contributed by atoms with Gasteiger partial charge in [0, 0.05) is 23.0 Å². The van der Waals surface area contributed by atoms with Gasteiger partial charge in [0.05, 0.1) is 12.3 Å². The van der Waals surface area contributed by atoms with Crippen LogP contribution in [0.15, 0.2) is 50.2 Å². The number of thiazole rings is 1. The van der Waals surface area contributed by atoms with Gasteiger partial charge in [0.25, 0.3) is 0 Å². The van der Waals surface area contributed by atoms with Gasteiger partial charge in [0.1, 0.15) is 4.75 Å². The van der Waals surface area contributed by atoms with E-state index in [1.807, 2.05) is 36.6 Å². The Bertz CT molecular complexity index is 939. The SMILES string of the molecule is C=NC(=N/C=C(\C)c1cccc(Cl)c1)OCCc1csc(SC(C)(C)C(=O)O)n1. The van der Waals surface area contributed by atoms with E-state index >= 15 is 0 Å². The molecular formula is C20H22ClN3O3S2. The summed E-state index contributed by atoms with van der Waals surface area (Å²) in [5.41, 5.74) is 2.70. The number of thioether (sulfide) groups is 1. The average molecular weight is 452 g/mol. The molecule has 2 aromatic rings. The third kappa shape index (κ3) is 7.30. The summed E-state index contributed by atoms with van der Waals surface area (Å²) in [5.74, 6) is -0.874. The molecule has 0 spiro atoms. The molecular weight excluding hydrogens is 430 g/mol. The molecule has 1 aromatic carbocycles. The van der Waals surface area contributed by atoms with Gasteiger partial charge < -0.3 is 9.84 Å². The molecule has 0 atom stereocenters. The number of amidine groups is 1. The molecule has 9 heteroatoms. The molecule has 1 N–H and O–H groups in total. The molecule has 0 aliphatic carbocycles. The summed E-state index contributed by atoms with van der Waals surface area (Å²) < 4.78 is 5.35. The first-order chi connectivity index (χ1) is 13.7. The van der Waals surface area contributed by atoms with E-state index in [1.54, 1.807) is 20.0 Å². The van der Waals surface area contributed by atoms with E-state index in [9.17, 15) is 9.90 Å². The molecule has 0 unspecified atom stereocenters. The number of halogens is 1. The number of hydrogen-bond donors (Lipinski definition) is 1. The van der Waals surface area contributed by atoms with Crippen molar-refractivity contribution < 1.29 is 14.6 Å². The summed E-state index contributed by atoms with van der Waals surface area (Å²) in [6, 6.07) is 7.65. The van der Waals surface area contributed by atoms with Crippen molar-refractivity contribution in [3.05, 3.63) is 52.1 Å². The van der Waals surface area contributed by atoms with Gasteiger partial charge in [-0.2, -0.15) is 0 Å². The van der Waals surface area contributed by atoms with Gasteiger partial charge >= 0.3 is 12.0 Å². The number of aliphatic imine (C=N–C) groups is 2. The quantitative estimate of drug-likeness (QED) is 0.328. The van der Waals surface area contributed by atoms with E-state index in [0.717, 1.165) is 16.8 Å². The molecule has 0 aliphatic rings. The van der Waals surface area contributed by atoms with Crippen LogP contribution in [0.4, 0.5) is 0 Å². The topological polar surface area (TPSA) is 84.1 Å². The van der Waals surface area contributed by atoms with Crippen LogP contribution in [-0.2, 0) is 16.0 Å². The van der Waals surface area contributed by atoms with E-state index < -0.39 is 10.7 Å². The smallest absolute Gasteiger partial charge is 0.319 e. The van der Waals surface area contributed by atoms with E-state index in [2.05, 4.69) is 21.7 Å². The molecule has 0 saturated heterocycles. The van der Waals surface area contributed by atoms with E-state index in [4.69, 9.17) is 16.3 Å². The van der Waals surface area contributed by atoms with Crippen molar-refractivity contribution in [3.8, 4) is 0 Å². The highest BCUT2D eigenvalue weighted by molar-refractivity contribution is 8.02. The van der Waals surface area contributed by atoms with Crippen molar-refractivity contribution in [2.75, 3.05) is 6.61 Å². The fraction of sp³-hybridized carbons (Fsp3) is 0.300. The van der Waals surface area contributed by atoms with Gasteiger partial charge in [-0.05, 0) is 50.8 Å². The van der Waals surface area contributed by atoms with Gasteiger partial charge in [-0.3, -0.25) is 4.79 Å². The first-order valence-corrected chi connectivity index (χ1v) is 10.8. The van der Waals surface area contributed by atoms with Crippen LogP contribution in [0.5, 0.6) is 0 Å². The number of ether oxygens (including phenoxy) is 1. The third-order valence-electron chi connectivity index (χ3n) is 3.76. The van der Waals surface area contributed by atoms with Gasteiger partial charge in [0.15, 0.2) is 4.34 Å². The Labute approximate surface area is 183 Å². The third-order valence-corrected chi connectivity index (χ3v) is 6.17. The van der Waals surface area contributed by atoms with Crippen molar-refractivity contribution in [1.29, 1.82) is 0 Å². The highest BCUT2D eigenvalue weighted by atomic mass is 35.5. The van der Waals surface area contributed by atoms with Gasteiger partial charge in [-0.25, -0.2) is 15.0 Å². The van der Waals surface area contributed by atoms with Crippen LogP contribution in [0.3, 0.4) is 0 Å². The molecule has 0 amide bonds. The second-order valence-electron chi connectivity index (χ2n) is 6.51. The van der Waals surface area contributed by atoms with Crippen LogP contribution < -0.4 is 0 Å². The monoisotopic (exact) mass is 451 g/mol.